The zero-order valence-electron chi connectivity index (χ0n) is 12.5. The van der Waals surface area contributed by atoms with Crippen LogP contribution in [0.2, 0.25) is 0 Å². The van der Waals surface area contributed by atoms with E-state index in [0.29, 0.717) is 12.3 Å². The Morgan fingerprint density at radius 2 is 2.09 bits per heavy atom. The minimum atomic E-state index is -0.263. The molecule has 22 heavy (non-hydrogen) atoms. The molecule has 6 heteroatoms. The van der Waals surface area contributed by atoms with Gasteiger partial charge in [-0.1, -0.05) is 6.92 Å². The molecule has 0 radical (unpaired) electrons. The number of furan rings is 1. The number of nitrogens with zero attached hydrogens (tertiary/aromatic N) is 1. The number of carbonyl (C=O) groups is 1. The number of hydrogen-bond donors (Lipinski definition) is 2. The SMILES string of the molecule is CCSc1ccc(NC(=O)N(CCO)Cc2ccco2)cc1. The molecule has 0 spiro atoms. The molecular weight excluding hydrogens is 300 g/mol. The van der Waals surface area contributed by atoms with Crippen LogP contribution in [0.3, 0.4) is 0 Å². The molecule has 2 rings (SSSR count). The molecule has 0 aliphatic rings. The summed E-state index contributed by atoms with van der Waals surface area (Å²) in [5.41, 5.74) is 0.729. The van der Waals surface area contributed by atoms with Crippen LogP contribution < -0.4 is 5.32 Å². The molecule has 1 aromatic carbocycles. The van der Waals surface area contributed by atoms with Gasteiger partial charge >= 0.3 is 6.03 Å². The molecule has 0 aliphatic carbocycles. The summed E-state index contributed by atoms with van der Waals surface area (Å²) in [4.78, 5) is 15.0. The standard InChI is InChI=1S/C16H20N2O3S/c1-2-22-15-7-5-13(6-8-15)17-16(20)18(9-10-19)12-14-4-3-11-21-14/h3-8,11,19H,2,9-10,12H2,1H3,(H,17,20). The number of rotatable bonds is 7. The fourth-order valence-corrected chi connectivity index (χ4v) is 2.63. The van der Waals surface area contributed by atoms with E-state index in [1.807, 2.05) is 24.3 Å². The predicted octanol–water partition coefficient (Wildman–Crippen LogP) is 3.42. The molecular formula is C16H20N2O3S. The minimum Gasteiger partial charge on any atom is -0.467 e. The summed E-state index contributed by atoms with van der Waals surface area (Å²) in [6.07, 6.45) is 1.56. The van der Waals surface area contributed by atoms with Crippen molar-refractivity contribution in [2.45, 2.75) is 18.4 Å². The summed E-state index contributed by atoms with van der Waals surface area (Å²) in [6.45, 7) is 2.57. The highest BCUT2D eigenvalue weighted by Crippen LogP contribution is 2.20. The lowest BCUT2D eigenvalue weighted by Gasteiger charge is -2.21. The van der Waals surface area contributed by atoms with E-state index in [0.717, 1.165) is 11.4 Å². The van der Waals surface area contributed by atoms with Crippen LogP contribution in [0, 0.1) is 0 Å². The number of amides is 2. The minimum absolute atomic E-state index is 0.0970. The number of aliphatic hydroxyl groups excluding tert-OH is 1. The maximum atomic E-state index is 12.3. The highest BCUT2D eigenvalue weighted by molar-refractivity contribution is 7.99. The number of hydrogen-bond acceptors (Lipinski definition) is 4. The molecule has 0 unspecified atom stereocenters. The van der Waals surface area contributed by atoms with E-state index >= 15 is 0 Å². The van der Waals surface area contributed by atoms with Crippen LogP contribution in [0.25, 0.3) is 0 Å². The quantitative estimate of drug-likeness (QED) is 0.767. The van der Waals surface area contributed by atoms with Crippen molar-refractivity contribution >= 4 is 23.5 Å². The highest BCUT2D eigenvalue weighted by atomic mass is 32.2. The van der Waals surface area contributed by atoms with Crippen LogP contribution in [-0.4, -0.2) is 34.9 Å². The van der Waals surface area contributed by atoms with E-state index in [9.17, 15) is 4.79 Å². The Hall–Kier alpha value is -1.92. The lowest BCUT2D eigenvalue weighted by Crippen LogP contribution is -2.36. The van der Waals surface area contributed by atoms with Gasteiger partial charge in [0.05, 0.1) is 19.4 Å². The number of urea groups is 1. The van der Waals surface area contributed by atoms with Crippen molar-refractivity contribution in [2.24, 2.45) is 0 Å². The molecule has 2 aromatic rings. The van der Waals surface area contributed by atoms with Crippen molar-refractivity contribution in [2.75, 3.05) is 24.2 Å². The molecule has 0 saturated carbocycles. The second kappa shape index (κ2) is 8.51. The molecule has 1 aromatic heterocycles. The largest absolute Gasteiger partial charge is 0.467 e. The molecule has 0 bridgehead atoms. The van der Waals surface area contributed by atoms with Crippen LogP contribution in [-0.2, 0) is 6.54 Å². The van der Waals surface area contributed by atoms with E-state index < -0.39 is 0 Å². The number of nitrogens with one attached hydrogen (secondary N) is 1. The van der Waals surface area contributed by atoms with Crippen molar-refractivity contribution < 1.29 is 14.3 Å². The first-order valence-corrected chi connectivity index (χ1v) is 8.13. The molecule has 0 atom stereocenters. The molecule has 5 nitrogen and oxygen atoms in total. The number of thioether (sulfide) groups is 1. The van der Waals surface area contributed by atoms with Gasteiger partial charge in [-0.15, -0.1) is 11.8 Å². The molecule has 1 heterocycles. The van der Waals surface area contributed by atoms with Crippen LogP contribution in [0.4, 0.5) is 10.5 Å². The average molecular weight is 320 g/mol. The Morgan fingerprint density at radius 3 is 2.68 bits per heavy atom. The zero-order chi connectivity index (χ0) is 15.8. The van der Waals surface area contributed by atoms with Gasteiger partial charge in [0.15, 0.2) is 0 Å². The second-order valence-electron chi connectivity index (χ2n) is 4.61. The molecule has 118 valence electrons. The smallest absolute Gasteiger partial charge is 0.322 e. The Bertz CT molecular complexity index is 570. The Morgan fingerprint density at radius 1 is 1.32 bits per heavy atom. The van der Waals surface area contributed by atoms with Crippen LogP contribution in [0.5, 0.6) is 0 Å². The van der Waals surface area contributed by atoms with Crippen LogP contribution >= 0.6 is 11.8 Å². The Kier molecular flexibility index (Phi) is 6.36. The second-order valence-corrected chi connectivity index (χ2v) is 5.95. The highest BCUT2D eigenvalue weighted by Gasteiger charge is 2.15. The third kappa shape index (κ3) is 4.82. The van der Waals surface area contributed by atoms with Crippen molar-refractivity contribution in [1.29, 1.82) is 0 Å². The van der Waals surface area contributed by atoms with Gasteiger partial charge in [-0.3, -0.25) is 0 Å². The zero-order valence-corrected chi connectivity index (χ0v) is 13.3. The number of carbonyl (C=O) groups excluding carboxylic acids is 1. The van der Waals surface area contributed by atoms with Gasteiger partial charge < -0.3 is 19.7 Å². The molecule has 2 N–H and O–H groups in total. The summed E-state index contributed by atoms with van der Waals surface area (Å²) in [7, 11) is 0. The molecule has 2 amide bonds. The third-order valence-electron chi connectivity index (χ3n) is 3.00. The van der Waals surface area contributed by atoms with Crippen molar-refractivity contribution in [1.82, 2.24) is 4.90 Å². The monoisotopic (exact) mass is 320 g/mol. The molecule has 0 aliphatic heterocycles. The number of benzene rings is 1. The molecule has 0 fully saturated rings. The maximum Gasteiger partial charge on any atom is 0.322 e. The normalized spacial score (nSPS) is 10.5. The summed E-state index contributed by atoms with van der Waals surface area (Å²) < 4.78 is 5.25. The molecule has 0 saturated heterocycles. The van der Waals surface area contributed by atoms with Crippen LogP contribution in [0.1, 0.15) is 12.7 Å². The van der Waals surface area contributed by atoms with Crippen molar-refractivity contribution in [3.63, 3.8) is 0 Å². The Balaban J connectivity index is 1.97. The topological polar surface area (TPSA) is 65.7 Å². The van der Waals surface area contributed by atoms with Crippen LogP contribution in [0.15, 0.2) is 52.0 Å². The van der Waals surface area contributed by atoms with Gasteiger partial charge in [0.25, 0.3) is 0 Å². The summed E-state index contributed by atoms with van der Waals surface area (Å²) in [5.74, 6) is 1.69. The average Bonchev–Trinajstić information content (AvgIpc) is 3.02. The fraction of sp³-hybridized carbons (Fsp3) is 0.312. The van der Waals surface area contributed by atoms with Crippen molar-refractivity contribution in [3.8, 4) is 0 Å². The third-order valence-corrected chi connectivity index (χ3v) is 3.89. The summed E-state index contributed by atoms with van der Waals surface area (Å²) in [5, 5.41) is 12.0. The predicted molar refractivity (Wildman–Crippen MR) is 88.1 cm³/mol. The van der Waals surface area contributed by atoms with E-state index in [-0.39, 0.29) is 19.2 Å². The van der Waals surface area contributed by atoms with Gasteiger partial charge in [0, 0.05) is 17.1 Å². The first kappa shape index (κ1) is 16.5. The number of aliphatic hydroxyl groups is 1. The number of anilines is 1. The van der Waals surface area contributed by atoms with Gasteiger partial charge in [-0.25, -0.2) is 4.79 Å². The summed E-state index contributed by atoms with van der Waals surface area (Å²) in [6, 6.07) is 11.0. The van der Waals surface area contributed by atoms with Gasteiger partial charge in [-0.2, -0.15) is 0 Å². The first-order valence-electron chi connectivity index (χ1n) is 7.15. The van der Waals surface area contributed by atoms with E-state index in [2.05, 4.69) is 12.2 Å². The van der Waals surface area contributed by atoms with Crippen molar-refractivity contribution in [3.05, 3.63) is 48.4 Å². The lowest BCUT2D eigenvalue weighted by molar-refractivity contribution is 0.180. The lowest BCUT2D eigenvalue weighted by atomic mass is 10.3. The van der Waals surface area contributed by atoms with Gasteiger partial charge in [-0.05, 0) is 42.2 Å². The maximum absolute atomic E-state index is 12.3. The van der Waals surface area contributed by atoms with E-state index in [1.165, 1.54) is 9.80 Å². The van der Waals surface area contributed by atoms with E-state index in [4.69, 9.17) is 9.52 Å². The van der Waals surface area contributed by atoms with Gasteiger partial charge in [0.1, 0.15) is 5.76 Å². The Labute approximate surface area is 134 Å². The fourth-order valence-electron chi connectivity index (χ4n) is 1.97. The van der Waals surface area contributed by atoms with E-state index in [1.54, 1.807) is 30.2 Å². The van der Waals surface area contributed by atoms with Gasteiger partial charge in [0.2, 0.25) is 0 Å². The first-order chi connectivity index (χ1) is 10.7. The summed E-state index contributed by atoms with van der Waals surface area (Å²) >= 11 is 1.75.